The number of nitrogens with zero attached hydrogens (tertiary/aromatic N) is 2. The van der Waals surface area contributed by atoms with Crippen LogP contribution in [0.2, 0.25) is 0 Å². The highest BCUT2D eigenvalue weighted by molar-refractivity contribution is 5.85. The average Bonchev–Trinajstić information content (AvgIpc) is 3.17. The molecule has 1 fully saturated rings. The van der Waals surface area contributed by atoms with Crippen molar-refractivity contribution in [1.29, 1.82) is 0 Å². The van der Waals surface area contributed by atoms with E-state index in [-0.39, 0.29) is 0 Å². The highest BCUT2D eigenvalue weighted by Gasteiger charge is 2.20. The van der Waals surface area contributed by atoms with Crippen LogP contribution in [0.1, 0.15) is 30.4 Å². The molecular formula is C26H28N2O2. The summed E-state index contributed by atoms with van der Waals surface area (Å²) < 4.78 is 11.3. The molecule has 0 unspecified atom stereocenters. The summed E-state index contributed by atoms with van der Waals surface area (Å²) in [6.07, 6.45) is 3.53. The number of aromatic nitrogens is 1. The van der Waals surface area contributed by atoms with E-state index in [9.17, 15) is 0 Å². The van der Waals surface area contributed by atoms with E-state index in [4.69, 9.17) is 9.26 Å². The normalized spacial score (nSPS) is 15.8. The largest absolute Gasteiger partial charge is 0.475 e. The first-order chi connectivity index (χ1) is 14.8. The van der Waals surface area contributed by atoms with Crippen LogP contribution in [0, 0.1) is 12.8 Å². The van der Waals surface area contributed by atoms with Gasteiger partial charge in [-0.2, -0.15) is 0 Å². The minimum atomic E-state index is 0.627. The van der Waals surface area contributed by atoms with Gasteiger partial charge >= 0.3 is 0 Å². The molecule has 30 heavy (non-hydrogen) atoms. The van der Waals surface area contributed by atoms with Crippen LogP contribution in [-0.2, 0) is 6.54 Å². The molecule has 0 aliphatic carbocycles. The van der Waals surface area contributed by atoms with Gasteiger partial charge in [-0.1, -0.05) is 54.1 Å². The monoisotopic (exact) mass is 400 g/mol. The first-order valence-corrected chi connectivity index (χ1v) is 10.9. The number of hydrogen-bond acceptors (Lipinski definition) is 4. The van der Waals surface area contributed by atoms with Gasteiger partial charge in [-0.25, -0.2) is 0 Å². The molecule has 4 nitrogen and oxygen atoms in total. The lowest BCUT2D eigenvalue weighted by molar-refractivity contribution is 0.156. The molecule has 0 radical (unpaired) electrons. The van der Waals surface area contributed by atoms with Crippen LogP contribution < -0.4 is 4.74 Å². The van der Waals surface area contributed by atoms with Crippen molar-refractivity contribution in [2.45, 2.75) is 32.7 Å². The summed E-state index contributed by atoms with van der Waals surface area (Å²) in [5, 5.41) is 7.78. The number of hydrogen-bond donors (Lipinski definition) is 0. The van der Waals surface area contributed by atoms with Gasteiger partial charge in [-0.15, -0.1) is 0 Å². The molecule has 1 aliphatic rings. The van der Waals surface area contributed by atoms with Crippen LogP contribution in [0.3, 0.4) is 0 Å². The van der Waals surface area contributed by atoms with E-state index in [0.29, 0.717) is 18.4 Å². The number of benzene rings is 3. The fourth-order valence-electron chi connectivity index (χ4n) is 4.56. The molecule has 0 saturated carbocycles. The van der Waals surface area contributed by atoms with Gasteiger partial charge in [0, 0.05) is 6.54 Å². The van der Waals surface area contributed by atoms with Crippen molar-refractivity contribution in [1.82, 2.24) is 10.1 Å². The molecule has 3 aromatic carbocycles. The molecule has 5 rings (SSSR count). The van der Waals surface area contributed by atoms with Gasteiger partial charge in [0.15, 0.2) is 5.58 Å². The van der Waals surface area contributed by atoms with Crippen LogP contribution >= 0.6 is 0 Å². The molecule has 1 aliphatic heterocycles. The number of likely N-dealkylation sites (tertiary alicyclic amines) is 1. The van der Waals surface area contributed by atoms with E-state index >= 15 is 0 Å². The number of rotatable bonds is 6. The Kier molecular flexibility index (Phi) is 5.41. The van der Waals surface area contributed by atoms with Gasteiger partial charge in [0.05, 0.1) is 12.0 Å². The topological polar surface area (TPSA) is 38.5 Å². The van der Waals surface area contributed by atoms with Crippen molar-refractivity contribution >= 4 is 21.7 Å². The molecule has 1 saturated heterocycles. The Hall–Kier alpha value is -2.85. The smallest absolute Gasteiger partial charge is 0.262 e. The Morgan fingerprint density at radius 2 is 1.83 bits per heavy atom. The van der Waals surface area contributed by atoms with E-state index in [0.717, 1.165) is 37.0 Å². The van der Waals surface area contributed by atoms with Gasteiger partial charge < -0.3 is 9.26 Å². The lowest BCUT2D eigenvalue weighted by Crippen LogP contribution is -2.33. The van der Waals surface area contributed by atoms with Gasteiger partial charge in [-0.05, 0) is 78.8 Å². The maximum absolute atomic E-state index is 5.97. The molecule has 0 atom stereocenters. The first-order valence-electron chi connectivity index (χ1n) is 10.9. The van der Waals surface area contributed by atoms with Crippen LogP contribution in [0.25, 0.3) is 21.7 Å². The molecule has 1 aromatic heterocycles. The minimum absolute atomic E-state index is 0.627. The van der Waals surface area contributed by atoms with Gasteiger partial charge in [-0.3, -0.25) is 4.90 Å². The maximum Gasteiger partial charge on any atom is 0.262 e. The van der Waals surface area contributed by atoms with E-state index in [1.54, 1.807) is 0 Å². The minimum Gasteiger partial charge on any atom is -0.475 e. The summed E-state index contributed by atoms with van der Waals surface area (Å²) in [5.74, 6) is 1.34. The summed E-state index contributed by atoms with van der Waals surface area (Å²) in [4.78, 5) is 2.59. The Balaban J connectivity index is 1.12. The van der Waals surface area contributed by atoms with Crippen LogP contribution in [0.15, 0.2) is 65.2 Å². The van der Waals surface area contributed by atoms with E-state index in [1.807, 2.05) is 12.1 Å². The zero-order valence-electron chi connectivity index (χ0n) is 17.5. The third-order valence-corrected chi connectivity index (χ3v) is 6.34. The van der Waals surface area contributed by atoms with Crippen molar-refractivity contribution < 1.29 is 9.26 Å². The Morgan fingerprint density at radius 1 is 1.00 bits per heavy atom. The van der Waals surface area contributed by atoms with Gasteiger partial charge in [0.2, 0.25) is 0 Å². The highest BCUT2D eigenvalue weighted by Crippen LogP contribution is 2.28. The number of piperidine rings is 1. The molecular weight excluding hydrogens is 372 g/mol. The SMILES string of the molecule is Cc1ccc2onc(OCCC3CCN(Cc4cccc5ccccc45)CC3)c2c1. The first kappa shape index (κ1) is 19.1. The quantitative estimate of drug-likeness (QED) is 0.400. The second-order valence-corrected chi connectivity index (χ2v) is 8.48. The highest BCUT2D eigenvalue weighted by atomic mass is 16.5. The summed E-state index contributed by atoms with van der Waals surface area (Å²) in [6.45, 7) is 6.11. The molecule has 0 bridgehead atoms. The van der Waals surface area contributed by atoms with Crippen LogP contribution in [-0.4, -0.2) is 29.8 Å². The third-order valence-electron chi connectivity index (χ3n) is 6.34. The summed E-state index contributed by atoms with van der Waals surface area (Å²) in [7, 11) is 0. The van der Waals surface area contributed by atoms with Gasteiger partial charge in [0.25, 0.3) is 5.88 Å². The number of fused-ring (bicyclic) bond motifs is 2. The van der Waals surface area contributed by atoms with Gasteiger partial charge in [0.1, 0.15) is 0 Å². The zero-order chi connectivity index (χ0) is 20.3. The van der Waals surface area contributed by atoms with Crippen LogP contribution in [0.4, 0.5) is 0 Å². The molecule has 4 aromatic rings. The van der Waals surface area contributed by atoms with Crippen molar-refractivity contribution in [3.63, 3.8) is 0 Å². The molecule has 0 N–H and O–H groups in total. The summed E-state index contributed by atoms with van der Waals surface area (Å²) in [5.41, 5.74) is 3.41. The Bertz CT molecular complexity index is 1140. The fraction of sp³-hybridized carbons (Fsp3) is 0.346. The summed E-state index contributed by atoms with van der Waals surface area (Å²) in [6, 6.07) is 21.4. The average molecular weight is 401 g/mol. The second kappa shape index (κ2) is 8.49. The molecule has 2 heterocycles. The fourth-order valence-corrected chi connectivity index (χ4v) is 4.56. The number of ether oxygens (including phenoxy) is 1. The lowest BCUT2D eigenvalue weighted by Gasteiger charge is -2.32. The molecule has 0 spiro atoms. The van der Waals surface area contributed by atoms with Crippen molar-refractivity contribution in [2.24, 2.45) is 5.92 Å². The van der Waals surface area contributed by atoms with Crippen LogP contribution in [0.5, 0.6) is 5.88 Å². The van der Waals surface area contributed by atoms with Crippen molar-refractivity contribution in [3.05, 3.63) is 71.8 Å². The number of aryl methyl sites for hydroxylation is 1. The standard InChI is InChI=1S/C26H28N2O2/c1-19-9-10-25-24(17-19)26(27-30-25)29-16-13-20-11-14-28(15-12-20)18-22-7-4-6-21-5-2-3-8-23(21)22/h2-10,17,20H,11-16,18H2,1H3. The Labute approximate surface area is 177 Å². The second-order valence-electron chi connectivity index (χ2n) is 8.48. The Morgan fingerprint density at radius 3 is 2.73 bits per heavy atom. The zero-order valence-corrected chi connectivity index (χ0v) is 17.5. The van der Waals surface area contributed by atoms with E-state index in [2.05, 4.69) is 65.5 Å². The van der Waals surface area contributed by atoms with Crippen molar-refractivity contribution in [2.75, 3.05) is 19.7 Å². The van der Waals surface area contributed by atoms with E-state index in [1.165, 1.54) is 34.7 Å². The van der Waals surface area contributed by atoms with E-state index < -0.39 is 0 Å². The van der Waals surface area contributed by atoms with Crippen molar-refractivity contribution in [3.8, 4) is 5.88 Å². The maximum atomic E-state index is 5.97. The lowest BCUT2D eigenvalue weighted by atomic mass is 9.93. The molecule has 0 amide bonds. The third kappa shape index (κ3) is 4.05. The molecule has 154 valence electrons. The molecule has 4 heteroatoms. The summed E-state index contributed by atoms with van der Waals surface area (Å²) >= 11 is 0. The predicted molar refractivity (Wildman–Crippen MR) is 121 cm³/mol. The predicted octanol–water partition coefficient (Wildman–Crippen LogP) is 5.97.